The van der Waals surface area contributed by atoms with Gasteiger partial charge in [-0.05, 0) is 39.8 Å². The van der Waals surface area contributed by atoms with Gasteiger partial charge in [0.15, 0.2) is 0 Å². The second-order valence-electron chi connectivity index (χ2n) is 6.69. The van der Waals surface area contributed by atoms with Crippen molar-refractivity contribution in [2.75, 3.05) is 13.2 Å². The summed E-state index contributed by atoms with van der Waals surface area (Å²) in [6.07, 6.45) is 1.08. The first kappa shape index (κ1) is 18.7. The Morgan fingerprint density at radius 2 is 1.72 bits per heavy atom. The fourth-order valence-electron chi connectivity index (χ4n) is 3.49. The van der Waals surface area contributed by atoms with Gasteiger partial charge >= 0.3 is 6.09 Å². The van der Waals surface area contributed by atoms with Crippen LogP contribution in [0.25, 0.3) is 11.1 Å². The SMILES string of the molecule is O=C(NCC#Cc1ccc(CO)cn1)OCC1c2ccccc2-c2ccccc21. The number of pyridine rings is 1. The number of hydrogen-bond acceptors (Lipinski definition) is 4. The number of nitrogens with zero attached hydrogens (tertiary/aromatic N) is 1. The summed E-state index contributed by atoms with van der Waals surface area (Å²) in [5.41, 5.74) is 6.06. The number of aromatic nitrogens is 1. The van der Waals surface area contributed by atoms with Crippen molar-refractivity contribution in [1.82, 2.24) is 10.3 Å². The predicted molar refractivity (Wildman–Crippen MR) is 110 cm³/mol. The topological polar surface area (TPSA) is 71.5 Å². The van der Waals surface area contributed by atoms with Crippen molar-refractivity contribution in [3.63, 3.8) is 0 Å². The molecule has 29 heavy (non-hydrogen) atoms. The van der Waals surface area contributed by atoms with Crippen LogP contribution >= 0.6 is 0 Å². The van der Waals surface area contributed by atoms with E-state index < -0.39 is 6.09 Å². The van der Waals surface area contributed by atoms with E-state index in [0.717, 1.165) is 5.56 Å². The normalized spacial score (nSPS) is 11.8. The summed E-state index contributed by atoms with van der Waals surface area (Å²) in [5, 5.41) is 11.6. The maximum atomic E-state index is 12.1. The van der Waals surface area contributed by atoms with Crippen molar-refractivity contribution >= 4 is 6.09 Å². The van der Waals surface area contributed by atoms with Gasteiger partial charge in [-0.1, -0.05) is 60.5 Å². The molecule has 0 bridgehead atoms. The quantitative estimate of drug-likeness (QED) is 0.676. The zero-order valence-corrected chi connectivity index (χ0v) is 15.8. The third-order valence-corrected chi connectivity index (χ3v) is 4.89. The molecule has 1 heterocycles. The Hall–Kier alpha value is -3.62. The first-order valence-corrected chi connectivity index (χ1v) is 9.40. The molecule has 1 aromatic heterocycles. The molecule has 0 saturated heterocycles. The van der Waals surface area contributed by atoms with Crippen LogP contribution in [0.5, 0.6) is 0 Å². The van der Waals surface area contributed by atoms with E-state index in [2.05, 4.69) is 46.4 Å². The number of fused-ring (bicyclic) bond motifs is 3. The van der Waals surface area contributed by atoms with E-state index >= 15 is 0 Å². The Bertz CT molecular complexity index is 1040. The fourth-order valence-corrected chi connectivity index (χ4v) is 3.49. The van der Waals surface area contributed by atoms with Crippen LogP contribution in [-0.4, -0.2) is 29.3 Å². The third-order valence-electron chi connectivity index (χ3n) is 4.89. The molecule has 1 aliphatic rings. The molecule has 0 saturated carbocycles. The van der Waals surface area contributed by atoms with Crippen molar-refractivity contribution < 1.29 is 14.6 Å². The Kier molecular flexibility index (Phi) is 5.55. The summed E-state index contributed by atoms with van der Waals surface area (Å²) >= 11 is 0. The molecule has 4 rings (SSSR count). The van der Waals surface area contributed by atoms with Crippen molar-refractivity contribution in [2.24, 2.45) is 0 Å². The van der Waals surface area contributed by atoms with Crippen molar-refractivity contribution in [1.29, 1.82) is 0 Å². The molecule has 0 atom stereocenters. The molecule has 3 aromatic rings. The second kappa shape index (κ2) is 8.59. The summed E-state index contributed by atoms with van der Waals surface area (Å²) in [6.45, 7) is 0.390. The predicted octanol–water partition coefficient (Wildman–Crippen LogP) is 3.46. The molecule has 5 nitrogen and oxygen atoms in total. The molecule has 1 aliphatic carbocycles. The lowest BCUT2D eigenvalue weighted by Crippen LogP contribution is -2.26. The number of carbonyl (C=O) groups excluding carboxylic acids is 1. The number of aliphatic hydroxyl groups is 1. The number of alkyl carbamates (subject to hydrolysis) is 1. The van der Waals surface area contributed by atoms with Crippen LogP contribution in [0.2, 0.25) is 0 Å². The van der Waals surface area contributed by atoms with Crippen LogP contribution < -0.4 is 5.32 Å². The molecule has 0 fully saturated rings. The van der Waals surface area contributed by atoms with Crippen molar-refractivity contribution in [3.05, 3.63) is 89.2 Å². The van der Waals surface area contributed by atoms with Gasteiger partial charge < -0.3 is 15.2 Å². The van der Waals surface area contributed by atoms with Crippen molar-refractivity contribution in [2.45, 2.75) is 12.5 Å². The van der Waals surface area contributed by atoms with E-state index in [-0.39, 0.29) is 25.7 Å². The van der Waals surface area contributed by atoms with E-state index in [1.165, 1.54) is 22.3 Å². The number of rotatable bonds is 4. The lowest BCUT2D eigenvalue weighted by Gasteiger charge is -2.14. The largest absolute Gasteiger partial charge is 0.449 e. The van der Waals surface area contributed by atoms with Gasteiger partial charge in [-0.25, -0.2) is 9.78 Å². The summed E-state index contributed by atoms with van der Waals surface area (Å²) in [6, 6.07) is 19.9. The maximum Gasteiger partial charge on any atom is 0.407 e. The molecule has 0 radical (unpaired) electrons. The van der Waals surface area contributed by atoms with Gasteiger partial charge in [0.25, 0.3) is 0 Å². The molecule has 144 valence electrons. The van der Waals surface area contributed by atoms with Gasteiger partial charge in [0.1, 0.15) is 12.3 Å². The summed E-state index contributed by atoms with van der Waals surface area (Å²) < 4.78 is 5.46. The molecule has 2 aromatic carbocycles. The zero-order valence-electron chi connectivity index (χ0n) is 15.8. The summed E-state index contributed by atoms with van der Waals surface area (Å²) in [7, 11) is 0. The summed E-state index contributed by atoms with van der Waals surface area (Å²) in [4.78, 5) is 16.2. The van der Waals surface area contributed by atoms with Gasteiger partial charge in [-0.15, -0.1) is 0 Å². The Labute approximate surface area is 169 Å². The lowest BCUT2D eigenvalue weighted by atomic mass is 9.98. The minimum Gasteiger partial charge on any atom is -0.449 e. The van der Waals surface area contributed by atoms with Gasteiger partial charge in [0.05, 0.1) is 13.2 Å². The standard InChI is InChI=1S/C24H20N2O3/c27-15-17-11-12-18(26-14-17)6-5-13-25-24(28)29-16-23-21-9-3-1-7-19(21)20-8-2-4-10-22(20)23/h1-4,7-12,14,23,27H,13,15-16H2,(H,25,28). The number of ether oxygens (including phenoxy) is 1. The zero-order chi connectivity index (χ0) is 20.1. The molecule has 1 amide bonds. The van der Waals surface area contributed by atoms with E-state index in [4.69, 9.17) is 9.84 Å². The Morgan fingerprint density at radius 3 is 2.34 bits per heavy atom. The Balaban J connectivity index is 1.33. The minimum absolute atomic E-state index is 0.0356. The Morgan fingerprint density at radius 1 is 1.03 bits per heavy atom. The monoisotopic (exact) mass is 384 g/mol. The van der Waals surface area contributed by atoms with Gasteiger partial charge in [-0.3, -0.25) is 0 Å². The first-order valence-electron chi connectivity index (χ1n) is 9.40. The van der Waals surface area contributed by atoms with E-state index in [9.17, 15) is 4.79 Å². The number of benzene rings is 2. The van der Waals surface area contributed by atoms with Gasteiger partial charge in [0.2, 0.25) is 0 Å². The van der Waals surface area contributed by atoms with E-state index in [1.54, 1.807) is 18.3 Å². The van der Waals surface area contributed by atoms with Crippen LogP contribution in [-0.2, 0) is 11.3 Å². The fraction of sp³-hybridized carbons (Fsp3) is 0.167. The van der Waals surface area contributed by atoms with Gasteiger partial charge in [-0.2, -0.15) is 0 Å². The maximum absolute atomic E-state index is 12.1. The highest BCUT2D eigenvalue weighted by Crippen LogP contribution is 2.44. The van der Waals surface area contributed by atoms with Crippen LogP contribution in [0.3, 0.4) is 0 Å². The average molecular weight is 384 g/mol. The number of hydrogen-bond donors (Lipinski definition) is 2. The van der Waals surface area contributed by atoms with Gasteiger partial charge in [0, 0.05) is 12.1 Å². The number of aliphatic hydroxyl groups excluding tert-OH is 1. The van der Waals surface area contributed by atoms with Crippen LogP contribution in [0.1, 0.15) is 28.3 Å². The second-order valence-corrected chi connectivity index (χ2v) is 6.69. The number of carbonyl (C=O) groups is 1. The molecule has 0 spiro atoms. The van der Waals surface area contributed by atoms with Crippen molar-refractivity contribution in [3.8, 4) is 23.0 Å². The molecule has 0 unspecified atom stereocenters. The number of amides is 1. The summed E-state index contributed by atoms with van der Waals surface area (Å²) in [5.74, 6) is 5.74. The highest BCUT2D eigenvalue weighted by atomic mass is 16.5. The highest BCUT2D eigenvalue weighted by Gasteiger charge is 2.28. The van der Waals surface area contributed by atoms with Crippen LogP contribution in [0.15, 0.2) is 66.9 Å². The van der Waals surface area contributed by atoms with E-state index in [0.29, 0.717) is 5.69 Å². The lowest BCUT2D eigenvalue weighted by molar-refractivity contribution is 0.144. The van der Waals surface area contributed by atoms with Crippen LogP contribution in [0, 0.1) is 11.8 Å². The smallest absolute Gasteiger partial charge is 0.407 e. The molecular formula is C24H20N2O3. The highest BCUT2D eigenvalue weighted by molar-refractivity contribution is 5.79. The molecule has 5 heteroatoms. The number of nitrogens with one attached hydrogen (secondary N) is 1. The molecular weight excluding hydrogens is 364 g/mol. The average Bonchev–Trinajstić information content (AvgIpc) is 3.09. The molecule has 2 N–H and O–H groups in total. The molecule has 0 aliphatic heterocycles. The first-order chi connectivity index (χ1) is 14.3. The van der Waals surface area contributed by atoms with E-state index in [1.807, 2.05) is 24.3 Å². The third kappa shape index (κ3) is 4.13. The minimum atomic E-state index is -0.496. The van der Waals surface area contributed by atoms with Crippen LogP contribution in [0.4, 0.5) is 4.79 Å².